The molecule has 0 aliphatic heterocycles. The third-order valence-corrected chi connectivity index (χ3v) is 6.37. The van der Waals surface area contributed by atoms with Gasteiger partial charge in [0.05, 0.1) is 6.61 Å². The summed E-state index contributed by atoms with van der Waals surface area (Å²) in [6.45, 7) is 2.26. The van der Waals surface area contributed by atoms with Gasteiger partial charge in [-0.05, 0) is 67.6 Å². The monoisotopic (exact) mass is 343 g/mol. The quantitative estimate of drug-likeness (QED) is 0.738. The number of rotatable bonds is 7. The van der Waals surface area contributed by atoms with E-state index < -0.39 is 5.54 Å². The van der Waals surface area contributed by atoms with Crippen molar-refractivity contribution in [3.63, 3.8) is 0 Å². The van der Waals surface area contributed by atoms with Crippen LogP contribution in [0.1, 0.15) is 80.9 Å². The summed E-state index contributed by atoms with van der Waals surface area (Å²) in [7, 11) is 0. The first-order chi connectivity index (χ1) is 12.0. The zero-order valence-electron chi connectivity index (χ0n) is 15.6. The molecule has 0 amide bonds. The van der Waals surface area contributed by atoms with Crippen LogP contribution in [0, 0.1) is 5.92 Å². The number of fused-ring (bicyclic) bond motifs is 1. The van der Waals surface area contributed by atoms with Gasteiger partial charge in [-0.15, -0.1) is 0 Å². The molecule has 25 heavy (non-hydrogen) atoms. The van der Waals surface area contributed by atoms with Crippen LogP contribution in [0.5, 0.6) is 0 Å². The van der Waals surface area contributed by atoms with E-state index in [4.69, 9.17) is 5.73 Å². The van der Waals surface area contributed by atoms with Gasteiger partial charge < -0.3 is 10.8 Å². The van der Waals surface area contributed by atoms with Crippen molar-refractivity contribution in [3.05, 3.63) is 34.9 Å². The van der Waals surface area contributed by atoms with Crippen molar-refractivity contribution in [1.82, 2.24) is 0 Å². The predicted molar refractivity (Wildman–Crippen MR) is 102 cm³/mol. The van der Waals surface area contributed by atoms with Crippen molar-refractivity contribution in [2.45, 2.75) is 82.6 Å². The van der Waals surface area contributed by atoms with Crippen LogP contribution in [-0.2, 0) is 17.6 Å². The third kappa shape index (κ3) is 4.32. The van der Waals surface area contributed by atoms with Gasteiger partial charge in [0.2, 0.25) is 0 Å². The van der Waals surface area contributed by atoms with Gasteiger partial charge in [-0.25, -0.2) is 0 Å². The molecule has 3 atom stereocenters. The largest absolute Gasteiger partial charge is 0.394 e. The Morgan fingerprint density at radius 1 is 1.28 bits per heavy atom. The second-order valence-corrected chi connectivity index (χ2v) is 8.35. The summed E-state index contributed by atoms with van der Waals surface area (Å²) in [5.41, 5.74) is 10.0. The highest BCUT2D eigenvalue weighted by molar-refractivity contribution is 5.81. The number of hydrogen-bond acceptors (Lipinski definition) is 3. The first kappa shape index (κ1) is 18.6. The Kier molecular flexibility index (Phi) is 5.96. The van der Waals surface area contributed by atoms with Crippen LogP contribution in [0.2, 0.25) is 0 Å². The number of hydrogen-bond donors (Lipinski definition) is 2. The van der Waals surface area contributed by atoms with Crippen molar-refractivity contribution in [2.75, 3.05) is 6.61 Å². The maximum atomic E-state index is 12.4. The number of carbonyl (C=O) groups excluding carboxylic acids is 1. The van der Waals surface area contributed by atoms with Gasteiger partial charge >= 0.3 is 0 Å². The molecule has 0 spiro atoms. The Labute approximate surface area is 152 Å². The minimum absolute atomic E-state index is 0.0796. The lowest BCUT2D eigenvalue weighted by atomic mass is 9.79. The summed E-state index contributed by atoms with van der Waals surface area (Å²) in [5.74, 6) is 1.17. The molecular weight excluding hydrogens is 310 g/mol. The number of aryl methyl sites for hydroxylation is 1. The fourth-order valence-corrected chi connectivity index (χ4v) is 4.64. The molecule has 0 saturated heterocycles. The highest BCUT2D eigenvalue weighted by Crippen LogP contribution is 2.40. The molecule has 0 bridgehead atoms. The Balaban J connectivity index is 1.63. The Morgan fingerprint density at radius 3 is 2.84 bits per heavy atom. The van der Waals surface area contributed by atoms with E-state index in [1.54, 1.807) is 0 Å². The van der Waals surface area contributed by atoms with Gasteiger partial charge in [0.15, 0.2) is 0 Å². The van der Waals surface area contributed by atoms with Crippen LogP contribution in [0.3, 0.4) is 0 Å². The molecule has 1 fully saturated rings. The van der Waals surface area contributed by atoms with E-state index in [1.165, 1.54) is 23.1 Å². The molecule has 2 aliphatic carbocycles. The number of aliphatic hydroxyl groups excluding tert-OH is 1. The molecule has 138 valence electrons. The smallest absolute Gasteiger partial charge is 0.136 e. The minimum Gasteiger partial charge on any atom is -0.394 e. The standard InChI is InChI=1S/C22H33NO2/c1-2-3-4-5-21(25)19-9-8-16-12-18(7-6-17(16)13-19)20-10-11-22(23,14-20)15-24/h6-7,12,19-20,24H,2-5,8-11,13-15,23H2,1H3. The average Bonchev–Trinajstić information content (AvgIpc) is 3.04. The number of Topliss-reactive ketones (excluding diaryl/α,β-unsaturated/α-hetero) is 1. The van der Waals surface area contributed by atoms with Gasteiger partial charge in [0, 0.05) is 17.9 Å². The molecule has 2 aliphatic rings. The highest BCUT2D eigenvalue weighted by Gasteiger charge is 2.36. The molecule has 1 aromatic carbocycles. The molecule has 3 heteroatoms. The van der Waals surface area contributed by atoms with Gasteiger partial charge in [-0.3, -0.25) is 4.79 Å². The zero-order valence-corrected chi connectivity index (χ0v) is 15.6. The van der Waals surface area contributed by atoms with E-state index >= 15 is 0 Å². The summed E-state index contributed by atoms with van der Waals surface area (Å²) in [6, 6.07) is 6.82. The van der Waals surface area contributed by atoms with Gasteiger partial charge in [0.1, 0.15) is 5.78 Å². The average molecular weight is 344 g/mol. The molecule has 1 saturated carbocycles. The van der Waals surface area contributed by atoms with Gasteiger partial charge in [-0.2, -0.15) is 0 Å². The van der Waals surface area contributed by atoms with Crippen LogP contribution < -0.4 is 5.73 Å². The highest BCUT2D eigenvalue weighted by atomic mass is 16.3. The van der Waals surface area contributed by atoms with Crippen LogP contribution in [0.25, 0.3) is 0 Å². The fourth-order valence-electron chi connectivity index (χ4n) is 4.64. The van der Waals surface area contributed by atoms with Gasteiger partial charge in [0.25, 0.3) is 0 Å². The Hall–Kier alpha value is -1.19. The third-order valence-electron chi connectivity index (χ3n) is 6.37. The van der Waals surface area contributed by atoms with E-state index in [1.807, 2.05) is 0 Å². The summed E-state index contributed by atoms with van der Waals surface area (Å²) in [6.07, 6.45) is 9.93. The van der Waals surface area contributed by atoms with Crippen LogP contribution in [0.4, 0.5) is 0 Å². The molecule has 3 unspecified atom stereocenters. The fraction of sp³-hybridized carbons (Fsp3) is 0.682. The van der Waals surface area contributed by atoms with Crippen LogP contribution >= 0.6 is 0 Å². The number of ketones is 1. The maximum absolute atomic E-state index is 12.4. The van der Waals surface area contributed by atoms with Crippen molar-refractivity contribution in [1.29, 1.82) is 0 Å². The van der Waals surface area contributed by atoms with Crippen molar-refractivity contribution in [3.8, 4) is 0 Å². The van der Waals surface area contributed by atoms with Crippen LogP contribution in [0.15, 0.2) is 18.2 Å². The molecule has 0 radical (unpaired) electrons. The number of nitrogens with two attached hydrogens (primary N) is 1. The molecule has 0 heterocycles. The number of carbonyl (C=O) groups is 1. The number of unbranched alkanes of at least 4 members (excludes halogenated alkanes) is 2. The van der Waals surface area contributed by atoms with E-state index in [0.717, 1.165) is 57.8 Å². The lowest BCUT2D eigenvalue weighted by molar-refractivity contribution is -0.123. The van der Waals surface area contributed by atoms with E-state index in [-0.39, 0.29) is 12.5 Å². The first-order valence-corrected chi connectivity index (χ1v) is 10.1. The Bertz CT molecular complexity index is 612. The van der Waals surface area contributed by atoms with Crippen LogP contribution in [-0.4, -0.2) is 23.0 Å². The van der Waals surface area contributed by atoms with E-state index in [0.29, 0.717) is 11.7 Å². The lowest BCUT2D eigenvalue weighted by Crippen LogP contribution is -2.40. The van der Waals surface area contributed by atoms with Crippen molar-refractivity contribution < 1.29 is 9.90 Å². The topological polar surface area (TPSA) is 63.3 Å². The summed E-state index contributed by atoms with van der Waals surface area (Å²) in [5, 5.41) is 9.48. The molecule has 1 aromatic rings. The summed E-state index contributed by atoms with van der Waals surface area (Å²) >= 11 is 0. The zero-order chi connectivity index (χ0) is 17.9. The molecular formula is C22H33NO2. The molecule has 0 aromatic heterocycles. The second kappa shape index (κ2) is 8.01. The van der Waals surface area contributed by atoms with Crippen molar-refractivity contribution >= 4 is 5.78 Å². The maximum Gasteiger partial charge on any atom is 0.136 e. The molecule has 3 nitrogen and oxygen atoms in total. The molecule has 3 N–H and O–H groups in total. The van der Waals surface area contributed by atoms with E-state index in [2.05, 4.69) is 25.1 Å². The predicted octanol–water partition coefficient (Wildman–Crippen LogP) is 3.90. The minimum atomic E-state index is -0.392. The number of aliphatic hydroxyl groups is 1. The van der Waals surface area contributed by atoms with E-state index in [9.17, 15) is 9.90 Å². The second-order valence-electron chi connectivity index (χ2n) is 8.35. The normalized spacial score (nSPS) is 28.8. The summed E-state index contributed by atoms with van der Waals surface area (Å²) < 4.78 is 0. The Morgan fingerprint density at radius 2 is 2.12 bits per heavy atom. The number of benzene rings is 1. The molecule has 3 rings (SSSR count). The SMILES string of the molecule is CCCCCC(=O)C1CCc2cc(C3CCC(N)(CO)C3)ccc2C1. The first-order valence-electron chi connectivity index (χ1n) is 10.1. The van der Waals surface area contributed by atoms with Gasteiger partial charge in [-0.1, -0.05) is 38.0 Å². The van der Waals surface area contributed by atoms with Crippen molar-refractivity contribution in [2.24, 2.45) is 11.7 Å². The lowest BCUT2D eigenvalue weighted by Gasteiger charge is -2.25. The summed E-state index contributed by atoms with van der Waals surface area (Å²) in [4.78, 5) is 12.4.